The van der Waals surface area contributed by atoms with Crippen molar-refractivity contribution in [3.8, 4) is 5.75 Å². The molecule has 1 amide bonds. The minimum atomic E-state index is 0.0340. The second-order valence-corrected chi connectivity index (χ2v) is 6.88. The van der Waals surface area contributed by atoms with E-state index in [1.165, 1.54) is 18.4 Å². The number of ether oxygens (including phenoxy) is 1. The zero-order valence-corrected chi connectivity index (χ0v) is 14.6. The van der Waals surface area contributed by atoms with Gasteiger partial charge in [0.2, 0.25) is 5.91 Å². The Labute approximate surface area is 149 Å². The van der Waals surface area contributed by atoms with E-state index in [-0.39, 0.29) is 17.9 Å². The molecule has 0 bridgehead atoms. The first-order valence-corrected chi connectivity index (χ1v) is 9.02. The third-order valence-corrected chi connectivity index (χ3v) is 5.36. The number of likely N-dealkylation sites (tertiary alicyclic amines) is 1. The molecule has 2 aromatic carbocycles. The Morgan fingerprint density at radius 3 is 2.32 bits per heavy atom. The summed E-state index contributed by atoms with van der Waals surface area (Å²) in [6.45, 7) is 3.09. The van der Waals surface area contributed by atoms with Gasteiger partial charge in [-0.05, 0) is 55.8 Å². The Morgan fingerprint density at radius 1 is 1.00 bits per heavy atom. The molecule has 0 spiro atoms. The van der Waals surface area contributed by atoms with Gasteiger partial charge in [0.1, 0.15) is 5.75 Å². The number of hydrogen-bond acceptors (Lipinski definition) is 3. The summed E-state index contributed by atoms with van der Waals surface area (Å²) in [5.41, 5.74) is 2.15. The maximum absolute atomic E-state index is 12.9. The van der Waals surface area contributed by atoms with Gasteiger partial charge in [0.05, 0.1) is 19.1 Å². The molecule has 2 aliphatic rings. The van der Waals surface area contributed by atoms with Gasteiger partial charge in [0.25, 0.3) is 0 Å². The van der Waals surface area contributed by atoms with Crippen molar-refractivity contribution in [1.29, 1.82) is 0 Å². The van der Waals surface area contributed by atoms with Crippen molar-refractivity contribution < 1.29 is 9.53 Å². The third kappa shape index (κ3) is 3.02. The highest BCUT2D eigenvalue weighted by molar-refractivity contribution is 6.03. The van der Waals surface area contributed by atoms with E-state index in [4.69, 9.17) is 4.74 Å². The lowest BCUT2D eigenvalue weighted by Crippen LogP contribution is -2.58. The molecule has 25 heavy (non-hydrogen) atoms. The number of anilines is 1. The molecule has 2 fully saturated rings. The van der Waals surface area contributed by atoms with E-state index in [1.807, 2.05) is 47.4 Å². The summed E-state index contributed by atoms with van der Waals surface area (Å²) in [6, 6.07) is 18.2. The lowest BCUT2D eigenvalue weighted by Gasteiger charge is -2.48. The van der Waals surface area contributed by atoms with E-state index in [2.05, 4.69) is 17.0 Å². The lowest BCUT2D eigenvalue weighted by molar-refractivity contribution is -0.131. The van der Waals surface area contributed by atoms with Gasteiger partial charge in [-0.1, -0.05) is 30.3 Å². The standard InChI is InChI=1S/C21H24N2O2/c1-25-18-11-9-16(10-12-18)20-19(15-22-13-5-6-14-22)21(24)23(20)17-7-3-2-4-8-17/h2-4,7-12,19-20H,5-6,13-15H2,1H3/t19-,20+/m0/s1. The number of hydrogen-bond donors (Lipinski definition) is 0. The molecule has 2 aliphatic heterocycles. The van der Waals surface area contributed by atoms with Crippen molar-refractivity contribution in [2.45, 2.75) is 18.9 Å². The molecule has 4 nitrogen and oxygen atoms in total. The SMILES string of the molecule is COc1ccc([C@@H]2[C@H](CN3CCCC3)C(=O)N2c2ccccc2)cc1. The molecule has 130 valence electrons. The minimum absolute atomic E-state index is 0.0340. The van der Waals surface area contributed by atoms with Crippen LogP contribution >= 0.6 is 0 Å². The van der Waals surface area contributed by atoms with E-state index < -0.39 is 0 Å². The fraction of sp³-hybridized carbons (Fsp3) is 0.381. The number of amides is 1. The number of carbonyl (C=O) groups excluding carboxylic acids is 1. The number of methoxy groups -OCH3 is 1. The van der Waals surface area contributed by atoms with Crippen LogP contribution in [-0.2, 0) is 4.79 Å². The first-order valence-electron chi connectivity index (χ1n) is 9.02. The van der Waals surface area contributed by atoms with Crippen molar-refractivity contribution in [3.05, 3.63) is 60.2 Å². The summed E-state index contributed by atoms with van der Waals surface area (Å²) in [5, 5.41) is 0. The zero-order chi connectivity index (χ0) is 17.2. The molecule has 2 aromatic rings. The molecular weight excluding hydrogens is 312 g/mol. The van der Waals surface area contributed by atoms with Crippen LogP contribution in [-0.4, -0.2) is 37.6 Å². The second kappa shape index (κ2) is 6.89. The largest absolute Gasteiger partial charge is 0.497 e. The average molecular weight is 336 g/mol. The highest BCUT2D eigenvalue weighted by atomic mass is 16.5. The van der Waals surface area contributed by atoms with Gasteiger partial charge in [-0.15, -0.1) is 0 Å². The van der Waals surface area contributed by atoms with E-state index >= 15 is 0 Å². The molecule has 0 aromatic heterocycles. The lowest BCUT2D eigenvalue weighted by atomic mass is 9.81. The molecular formula is C21H24N2O2. The Kier molecular flexibility index (Phi) is 4.45. The number of para-hydroxylation sites is 1. The molecule has 4 heteroatoms. The van der Waals surface area contributed by atoms with Crippen LogP contribution in [0.3, 0.4) is 0 Å². The number of rotatable bonds is 5. The Hall–Kier alpha value is -2.33. The first kappa shape index (κ1) is 16.2. The van der Waals surface area contributed by atoms with Gasteiger partial charge >= 0.3 is 0 Å². The molecule has 0 N–H and O–H groups in total. The van der Waals surface area contributed by atoms with Crippen LogP contribution in [0.4, 0.5) is 5.69 Å². The average Bonchev–Trinajstić information content (AvgIpc) is 3.18. The molecule has 0 radical (unpaired) electrons. The number of carbonyl (C=O) groups is 1. The van der Waals surface area contributed by atoms with Crippen molar-refractivity contribution in [1.82, 2.24) is 4.90 Å². The van der Waals surface area contributed by atoms with Crippen molar-refractivity contribution >= 4 is 11.6 Å². The third-order valence-electron chi connectivity index (χ3n) is 5.36. The molecule has 0 unspecified atom stereocenters. The van der Waals surface area contributed by atoms with Crippen LogP contribution in [0, 0.1) is 5.92 Å². The molecule has 4 rings (SSSR count). The molecule has 2 saturated heterocycles. The number of β-lactam (4-membered cyclic amide) rings is 1. The van der Waals surface area contributed by atoms with E-state index in [0.717, 1.165) is 31.1 Å². The van der Waals surface area contributed by atoms with Crippen molar-refractivity contribution in [2.75, 3.05) is 31.6 Å². The number of benzene rings is 2. The Balaban J connectivity index is 1.63. The van der Waals surface area contributed by atoms with Gasteiger partial charge in [-0.25, -0.2) is 0 Å². The quantitative estimate of drug-likeness (QED) is 0.784. The molecule has 0 saturated carbocycles. The topological polar surface area (TPSA) is 32.8 Å². The predicted molar refractivity (Wildman–Crippen MR) is 98.8 cm³/mol. The summed E-state index contributed by atoms with van der Waals surface area (Å²) < 4.78 is 5.28. The van der Waals surface area contributed by atoms with E-state index in [1.54, 1.807) is 7.11 Å². The Bertz CT molecular complexity index is 723. The molecule has 2 atom stereocenters. The summed E-state index contributed by atoms with van der Waals surface area (Å²) in [6.07, 6.45) is 2.49. The van der Waals surface area contributed by atoms with Gasteiger partial charge < -0.3 is 14.5 Å². The van der Waals surface area contributed by atoms with Crippen LogP contribution in [0.2, 0.25) is 0 Å². The minimum Gasteiger partial charge on any atom is -0.497 e. The summed E-state index contributed by atoms with van der Waals surface area (Å²) in [4.78, 5) is 17.3. The Morgan fingerprint density at radius 2 is 1.68 bits per heavy atom. The predicted octanol–water partition coefficient (Wildman–Crippen LogP) is 3.50. The highest BCUT2D eigenvalue weighted by Gasteiger charge is 2.49. The van der Waals surface area contributed by atoms with Crippen molar-refractivity contribution in [3.63, 3.8) is 0 Å². The van der Waals surface area contributed by atoms with Crippen LogP contribution in [0.15, 0.2) is 54.6 Å². The van der Waals surface area contributed by atoms with Crippen LogP contribution in [0.1, 0.15) is 24.4 Å². The monoisotopic (exact) mass is 336 g/mol. The smallest absolute Gasteiger partial charge is 0.234 e. The van der Waals surface area contributed by atoms with Crippen LogP contribution < -0.4 is 9.64 Å². The zero-order valence-electron chi connectivity index (χ0n) is 14.6. The summed E-state index contributed by atoms with van der Waals surface area (Å²) in [5.74, 6) is 1.11. The maximum Gasteiger partial charge on any atom is 0.234 e. The second-order valence-electron chi connectivity index (χ2n) is 6.88. The fourth-order valence-electron chi connectivity index (χ4n) is 4.03. The van der Waals surface area contributed by atoms with Gasteiger partial charge in [0, 0.05) is 12.2 Å². The summed E-state index contributed by atoms with van der Waals surface area (Å²) >= 11 is 0. The van der Waals surface area contributed by atoms with Gasteiger partial charge in [-0.2, -0.15) is 0 Å². The fourth-order valence-corrected chi connectivity index (χ4v) is 4.03. The molecule has 2 heterocycles. The summed E-state index contributed by atoms with van der Waals surface area (Å²) in [7, 11) is 1.67. The molecule has 0 aliphatic carbocycles. The van der Waals surface area contributed by atoms with E-state index in [9.17, 15) is 4.79 Å². The van der Waals surface area contributed by atoms with Crippen LogP contribution in [0.25, 0.3) is 0 Å². The van der Waals surface area contributed by atoms with Crippen LogP contribution in [0.5, 0.6) is 5.75 Å². The highest BCUT2D eigenvalue weighted by Crippen LogP contribution is 2.44. The normalized spacial score (nSPS) is 23.6. The van der Waals surface area contributed by atoms with Gasteiger partial charge in [0.15, 0.2) is 0 Å². The maximum atomic E-state index is 12.9. The first-order chi connectivity index (χ1) is 12.3. The van der Waals surface area contributed by atoms with E-state index in [0.29, 0.717) is 0 Å². The van der Waals surface area contributed by atoms with Crippen molar-refractivity contribution in [2.24, 2.45) is 5.92 Å². The number of nitrogens with zero attached hydrogens (tertiary/aromatic N) is 2. The van der Waals surface area contributed by atoms with Gasteiger partial charge in [-0.3, -0.25) is 4.79 Å².